The predicted octanol–water partition coefficient (Wildman–Crippen LogP) is 3.12. The number of carbonyl (C=O) groups is 1. The second kappa shape index (κ2) is 9.67. The molecule has 0 heterocycles. The number of ether oxygens (including phenoxy) is 2. The second-order valence-corrected chi connectivity index (χ2v) is 6.01. The molecule has 2 aromatic rings. The number of methoxy groups -OCH3 is 1. The fourth-order valence-electron chi connectivity index (χ4n) is 2.04. The maximum Gasteiger partial charge on any atom is 0.259 e. The van der Waals surface area contributed by atoms with E-state index in [1.165, 1.54) is 6.21 Å². The van der Waals surface area contributed by atoms with E-state index in [1.54, 1.807) is 31.4 Å². The van der Waals surface area contributed by atoms with Gasteiger partial charge in [-0.1, -0.05) is 0 Å². The normalized spacial score (nSPS) is 10.6. The minimum Gasteiger partial charge on any atom is -0.503 e. The number of hydrazone groups is 1. The summed E-state index contributed by atoms with van der Waals surface area (Å²) < 4.78 is 10.9. The van der Waals surface area contributed by atoms with Gasteiger partial charge in [-0.3, -0.25) is 4.79 Å². The van der Waals surface area contributed by atoms with Crippen molar-refractivity contribution in [2.24, 2.45) is 5.10 Å². The molecule has 1 amide bonds. The third kappa shape index (κ3) is 5.66. The molecule has 0 saturated carbocycles. The van der Waals surface area contributed by atoms with Crippen LogP contribution in [0, 0.1) is 0 Å². The fraction of sp³-hybridized carbons (Fsp3) is 0.222. The first-order chi connectivity index (χ1) is 12.5. The highest BCUT2D eigenvalue weighted by molar-refractivity contribution is 9.10. The number of aromatic hydroxyl groups is 1. The smallest absolute Gasteiger partial charge is 0.259 e. The van der Waals surface area contributed by atoms with E-state index in [2.05, 4.69) is 31.8 Å². The van der Waals surface area contributed by atoms with Crippen molar-refractivity contribution in [1.82, 2.24) is 5.43 Å². The Balaban J connectivity index is 1.88. The number of halogens is 1. The van der Waals surface area contributed by atoms with Crippen molar-refractivity contribution in [2.75, 3.05) is 25.6 Å². The minimum absolute atomic E-state index is 0.0247. The number of rotatable bonds is 8. The Kier molecular flexibility index (Phi) is 7.28. The van der Waals surface area contributed by atoms with E-state index in [-0.39, 0.29) is 18.2 Å². The van der Waals surface area contributed by atoms with E-state index in [4.69, 9.17) is 9.47 Å². The van der Waals surface area contributed by atoms with Gasteiger partial charge in [0.2, 0.25) is 0 Å². The van der Waals surface area contributed by atoms with Crippen LogP contribution in [0.15, 0.2) is 46.0 Å². The van der Waals surface area contributed by atoms with Crippen molar-refractivity contribution < 1.29 is 19.4 Å². The van der Waals surface area contributed by atoms with Crippen LogP contribution in [0.3, 0.4) is 0 Å². The lowest BCUT2D eigenvalue weighted by Gasteiger charge is -2.08. The van der Waals surface area contributed by atoms with E-state index in [0.29, 0.717) is 22.4 Å². The highest BCUT2D eigenvalue weighted by atomic mass is 79.9. The second-order valence-electron chi connectivity index (χ2n) is 5.16. The molecule has 0 fully saturated rings. The van der Waals surface area contributed by atoms with Crippen LogP contribution in [0.2, 0.25) is 0 Å². The standard InChI is InChI=1S/C18H20BrN3O4/c1-3-26-16-9-12(8-15(19)18(16)24)10-21-22-17(23)11-20-13-4-6-14(25-2)7-5-13/h4-10,20,24H,3,11H2,1-2H3,(H,22,23). The quantitative estimate of drug-likeness (QED) is 0.449. The summed E-state index contributed by atoms with van der Waals surface area (Å²) in [6.07, 6.45) is 1.47. The van der Waals surface area contributed by atoms with Crippen molar-refractivity contribution >= 4 is 33.7 Å². The topological polar surface area (TPSA) is 92.2 Å². The van der Waals surface area contributed by atoms with Crippen LogP contribution >= 0.6 is 15.9 Å². The maximum absolute atomic E-state index is 11.8. The van der Waals surface area contributed by atoms with Crippen LogP contribution in [0.4, 0.5) is 5.69 Å². The minimum atomic E-state index is -0.292. The van der Waals surface area contributed by atoms with Crippen molar-refractivity contribution in [2.45, 2.75) is 6.92 Å². The summed E-state index contributed by atoms with van der Waals surface area (Å²) in [6.45, 7) is 2.33. The summed E-state index contributed by atoms with van der Waals surface area (Å²) >= 11 is 3.25. The Bertz CT molecular complexity index is 779. The number of nitrogens with one attached hydrogen (secondary N) is 2. The Morgan fingerprint density at radius 3 is 2.69 bits per heavy atom. The number of phenolic OH excluding ortho intramolecular Hbond substituents is 1. The molecule has 0 atom stereocenters. The summed E-state index contributed by atoms with van der Waals surface area (Å²) in [5, 5.41) is 16.8. The number of phenols is 1. The zero-order chi connectivity index (χ0) is 18.9. The third-order valence-electron chi connectivity index (χ3n) is 3.30. The van der Waals surface area contributed by atoms with Gasteiger partial charge in [-0.15, -0.1) is 0 Å². The van der Waals surface area contributed by atoms with E-state index in [1.807, 2.05) is 19.1 Å². The number of hydrogen-bond donors (Lipinski definition) is 3. The van der Waals surface area contributed by atoms with Crippen LogP contribution in [0.1, 0.15) is 12.5 Å². The van der Waals surface area contributed by atoms with Crippen LogP contribution < -0.4 is 20.2 Å². The van der Waals surface area contributed by atoms with Crippen molar-refractivity contribution in [1.29, 1.82) is 0 Å². The van der Waals surface area contributed by atoms with Gasteiger partial charge in [-0.05, 0) is 64.8 Å². The molecule has 138 valence electrons. The van der Waals surface area contributed by atoms with Crippen LogP contribution in [-0.4, -0.2) is 37.5 Å². The first-order valence-electron chi connectivity index (χ1n) is 7.88. The van der Waals surface area contributed by atoms with E-state index < -0.39 is 0 Å². The molecule has 0 bridgehead atoms. The number of anilines is 1. The van der Waals surface area contributed by atoms with Gasteiger partial charge in [0.1, 0.15) is 5.75 Å². The largest absolute Gasteiger partial charge is 0.503 e. The molecule has 0 aliphatic heterocycles. The lowest BCUT2D eigenvalue weighted by Crippen LogP contribution is -2.25. The van der Waals surface area contributed by atoms with E-state index in [9.17, 15) is 9.90 Å². The summed E-state index contributed by atoms with van der Waals surface area (Å²) in [5.41, 5.74) is 3.90. The summed E-state index contributed by atoms with van der Waals surface area (Å²) in [6, 6.07) is 10.5. The molecule has 0 radical (unpaired) electrons. The number of carbonyl (C=O) groups excluding carboxylic acids is 1. The zero-order valence-electron chi connectivity index (χ0n) is 14.5. The molecule has 0 spiro atoms. The predicted molar refractivity (Wildman–Crippen MR) is 104 cm³/mol. The summed E-state index contributed by atoms with van der Waals surface area (Å²) in [7, 11) is 1.60. The summed E-state index contributed by atoms with van der Waals surface area (Å²) in [5.74, 6) is 0.823. The highest BCUT2D eigenvalue weighted by Gasteiger charge is 2.08. The highest BCUT2D eigenvalue weighted by Crippen LogP contribution is 2.35. The SMILES string of the molecule is CCOc1cc(C=NNC(=O)CNc2ccc(OC)cc2)cc(Br)c1O. The molecular weight excluding hydrogens is 402 g/mol. The van der Waals surface area contributed by atoms with Crippen LogP contribution in [0.25, 0.3) is 0 Å². The molecular formula is C18H20BrN3O4. The molecule has 0 aromatic heterocycles. The van der Waals surface area contributed by atoms with Gasteiger partial charge >= 0.3 is 0 Å². The maximum atomic E-state index is 11.8. The monoisotopic (exact) mass is 421 g/mol. The van der Waals surface area contributed by atoms with Crippen molar-refractivity contribution in [3.05, 3.63) is 46.4 Å². The molecule has 0 aliphatic carbocycles. The molecule has 0 unspecified atom stereocenters. The molecule has 3 N–H and O–H groups in total. The third-order valence-corrected chi connectivity index (χ3v) is 3.90. The average Bonchev–Trinajstić information content (AvgIpc) is 2.64. The summed E-state index contributed by atoms with van der Waals surface area (Å²) in [4.78, 5) is 11.8. The lowest BCUT2D eigenvalue weighted by atomic mass is 10.2. The number of hydrogen-bond acceptors (Lipinski definition) is 6. The molecule has 2 aromatic carbocycles. The number of nitrogens with zero attached hydrogens (tertiary/aromatic N) is 1. The Hall–Kier alpha value is -2.74. The Morgan fingerprint density at radius 2 is 2.04 bits per heavy atom. The number of amides is 1. The van der Waals surface area contributed by atoms with Gasteiger partial charge < -0.3 is 19.9 Å². The molecule has 26 heavy (non-hydrogen) atoms. The van der Waals surface area contributed by atoms with Gasteiger partial charge in [-0.2, -0.15) is 5.10 Å². The fourth-order valence-corrected chi connectivity index (χ4v) is 2.50. The van der Waals surface area contributed by atoms with Gasteiger partial charge in [0.15, 0.2) is 11.5 Å². The molecule has 0 saturated heterocycles. The molecule has 7 nitrogen and oxygen atoms in total. The average molecular weight is 422 g/mol. The first-order valence-corrected chi connectivity index (χ1v) is 8.68. The molecule has 0 aliphatic rings. The Morgan fingerprint density at radius 1 is 1.31 bits per heavy atom. The van der Waals surface area contributed by atoms with Crippen molar-refractivity contribution in [3.63, 3.8) is 0 Å². The van der Waals surface area contributed by atoms with E-state index in [0.717, 1.165) is 11.4 Å². The Labute approximate surface area is 160 Å². The first kappa shape index (κ1) is 19.6. The zero-order valence-corrected chi connectivity index (χ0v) is 16.0. The number of benzene rings is 2. The molecule has 2 rings (SSSR count). The molecule has 8 heteroatoms. The van der Waals surface area contributed by atoms with Crippen LogP contribution in [-0.2, 0) is 4.79 Å². The van der Waals surface area contributed by atoms with E-state index >= 15 is 0 Å². The van der Waals surface area contributed by atoms with Gasteiger partial charge in [-0.25, -0.2) is 5.43 Å². The lowest BCUT2D eigenvalue weighted by molar-refractivity contribution is -0.119. The van der Waals surface area contributed by atoms with Gasteiger partial charge in [0.05, 0.1) is 30.9 Å². The van der Waals surface area contributed by atoms with Gasteiger partial charge in [0.25, 0.3) is 5.91 Å². The van der Waals surface area contributed by atoms with Crippen LogP contribution in [0.5, 0.6) is 17.2 Å². The van der Waals surface area contributed by atoms with Gasteiger partial charge in [0, 0.05) is 5.69 Å². The van der Waals surface area contributed by atoms with Crippen molar-refractivity contribution in [3.8, 4) is 17.2 Å².